The Morgan fingerprint density at radius 2 is 0.569 bits per heavy atom. The van der Waals surface area contributed by atoms with E-state index in [0.717, 1.165) is 0 Å². The summed E-state index contributed by atoms with van der Waals surface area (Å²) in [5, 5.41) is 293. The molecule has 0 aliphatic carbocycles. The van der Waals surface area contributed by atoms with Gasteiger partial charge in [-0.1, -0.05) is 0 Å². The van der Waals surface area contributed by atoms with Crippen molar-refractivity contribution in [2.75, 3.05) is 13.2 Å². The van der Waals surface area contributed by atoms with Crippen molar-refractivity contribution in [3.63, 3.8) is 0 Å². The number of ether oxygens (including phenoxy) is 12. The number of hydrogen-bond donors (Lipinski definition) is 27. The number of hydrogen-bond acceptors (Lipinski definition) is 48. The van der Waals surface area contributed by atoms with Crippen LogP contribution in [0.5, 0.6) is 161 Å². The van der Waals surface area contributed by atoms with Crippen molar-refractivity contribution in [1.29, 1.82) is 0 Å². The standard InChI is InChI=1S/C75H54O48/c76-25-1-16(2-26(77)44(25)88)65(102)119-61-59-38(14-112-69(106)20-9-33(84)48(92)53(97)40(20)41-21(71(108)117-59)10-34(85)49(93)54(41)98)115-74(111)63(61)121-73(110)24-12-36(87)51(95)57(101)58(24)114-37-13-23-43(56(100)52(37)96)42-22(11-35(86)50(94)55(42)99)72(109)118-60-39(15-113-70(23)107)116-75(123-68(105)19-7-31(82)47(91)32(83)8-19)64(122-67(104)18-5-29(80)46(90)30(81)6-18)62(60)120-66(103)17-3-27(78)45(89)28(79)4-17/h1-13,38-39,59-64,74-101,111H,14-15H2/t38-,39-,59-,60-,61+,62+,63-,64-,74-,75-/m1/s1. The molecule has 48 heteroatoms. The maximum atomic E-state index is 15.2. The number of benzene rings is 9. The van der Waals surface area contributed by atoms with Crippen molar-refractivity contribution < 1.29 is 238 Å². The van der Waals surface area contributed by atoms with Gasteiger partial charge in [-0.2, -0.15) is 0 Å². The third kappa shape index (κ3) is 14.8. The van der Waals surface area contributed by atoms with Crippen LogP contribution in [0.3, 0.4) is 0 Å². The van der Waals surface area contributed by atoms with Crippen LogP contribution >= 0.6 is 0 Å². The summed E-state index contributed by atoms with van der Waals surface area (Å²) in [5.74, 6) is -58.2. The lowest BCUT2D eigenvalue weighted by molar-refractivity contribution is -0.284. The van der Waals surface area contributed by atoms with Crippen LogP contribution in [0.25, 0.3) is 22.3 Å². The summed E-state index contributed by atoms with van der Waals surface area (Å²) in [5.41, 5.74) is -15.9. The molecule has 9 aromatic rings. The average molecular weight is 1720 g/mol. The average Bonchev–Trinajstić information content (AvgIpc) is 1.66. The van der Waals surface area contributed by atoms with Gasteiger partial charge in [-0.25, -0.2) is 43.2 Å². The predicted octanol–water partition coefficient (Wildman–Crippen LogP) is 2.75. The lowest BCUT2D eigenvalue weighted by Gasteiger charge is -2.43. The van der Waals surface area contributed by atoms with E-state index in [-0.39, 0.29) is 18.2 Å². The highest BCUT2D eigenvalue weighted by Gasteiger charge is 2.57. The molecule has 0 amide bonds. The number of carbonyl (C=O) groups is 9. The van der Waals surface area contributed by atoms with Crippen LogP contribution in [-0.4, -0.2) is 266 Å². The molecule has 0 saturated carbocycles. The van der Waals surface area contributed by atoms with Crippen molar-refractivity contribution in [2.45, 2.75) is 61.4 Å². The fourth-order valence-electron chi connectivity index (χ4n) is 12.9. The van der Waals surface area contributed by atoms with E-state index in [1.807, 2.05) is 0 Å². The SMILES string of the molecule is O=C(O[C@H]1O[C@@H]2COC(=O)c3cc(Oc4c(C(=O)O[C@@H]5[C@@H](OC(=O)c6cc(O)c(O)c(O)c6)[C@@H]6OC(=O)c7cc(O)c(O)c(O)c7-c7c(cc(O)c(O)c7O)C(=O)OC[C@H]6O[C@H]5O)cc(O)c(O)c4O)c(O)c(O)c3-c3c(cc(O)c(O)c3O)C(=O)O[C@H]2[C@H](OC(=O)c2cc(O)c(O)c(O)c2)[C@H]1OC(=O)c1cc(O)c(O)c(O)c1)c1cc(O)c(O)c(O)c1. The quantitative estimate of drug-likeness (QED) is 0.0475. The Bertz CT molecular complexity index is 5970. The minimum absolute atomic E-state index is 0.126. The van der Waals surface area contributed by atoms with Crippen molar-refractivity contribution >= 4 is 53.7 Å². The topological polar surface area (TPSA) is 811 Å². The summed E-state index contributed by atoms with van der Waals surface area (Å²) in [6.45, 7) is -3.02. The van der Waals surface area contributed by atoms with Crippen molar-refractivity contribution in [3.05, 3.63) is 129 Å². The third-order valence-electron chi connectivity index (χ3n) is 18.9. The Balaban J connectivity index is 0.918. The number of fused-ring (bicyclic) bond motifs is 8. The first-order valence-electron chi connectivity index (χ1n) is 34.1. The number of phenols is 26. The summed E-state index contributed by atoms with van der Waals surface area (Å²) in [7, 11) is 0. The molecule has 0 unspecified atom stereocenters. The van der Waals surface area contributed by atoms with Crippen LogP contribution in [0.2, 0.25) is 0 Å². The molecule has 13 rings (SSSR count). The van der Waals surface area contributed by atoms with Gasteiger partial charge >= 0.3 is 53.7 Å². The van der Waals surface area contributed by atoms with Gasteiger partial charge < -0.3 is 195 Å². The summed E-state index contributed by atoms with van der Waals surface area (Å²) in [6.07, 6.45) is -27.3. The maximum Gasteiger partial charge on any atom is 0.342 e. The largest absolute Gasteiger partial charge is 0.504 e. The van der Waals surface area contributed by atoms with E-state index >= 15 is 14.4 Å². The van der Waals surface area contributed by atoms with Crippen LogP contribution in [0.4, 0.5) is 0 Å². The summed E-state index contributed by atoms with van der Waals surface area (Å²) < 4.78 is 67.6. The molecule has 4 heterocycles. The fourth-order valence-corrected chi connectivity index (χ4v) is 12.9. The Hall–Kier alpha value is -17.3. The summed E-state index contributed by atoms with van der Waals surface area (Å²) >= 11 is 0. The zero-order valence-corrected chi connectivity index (χ0v) is 60.3. The number of aliphatic hydroxyl groups excluding tert-OH is 1. The van der Waals surface area contributed by atoms with Crippen LogP contribution in [-0.2, 0) is 52.1 Å². The lowest BCUT2D eigenvalue weighted by atomic mass is 9.91. The number of carbonyl (C=O) groups excluding carboxylic acids is 9. The first kappa shape index (κ1) is 83.6. The molecular formula is C75H54O48. The van der Waals surface area contributed by atoms with Gasteiger partial charge in [0, 0.05) is 34.4 Å². The second-order valence-electron chi connectivity index (χ2n) is 26.5. The third-order valence-corrected chi connectivity index (χ3v) is 18.9. The van der Waals surface area contributed by atoms with Crippen LogP contribution in [0, 0.1) is 0 Å². The first-order valence-corrected chi connectivity index (χ1v) is 34.1. The molecule has 4 aliphatic rings. The maximum absolute atomic E-state index is 15.2. The van der Waals surface area contributed by atoms with Gasteiger partial charge in [-0.05, 0) is 66.7 Å². The summed E-state index contributed by atoms with van der Waals surface area (Å²) in [6, 6.07) is 4.63. The van der Waals surface area contributed by atoms with E-state index in [1.54, 1.807) is 0 Å². The number of cyclic esters (lactones) is 2. The zero-order valence-electron chi connectivity index (χ0n) is 60.3. The van der Waals surface area contributed by atoms with E-state index in [4.69, 9.17) is 56.8 Å². The Kier molecular flexibility index (Phi) is 21.3. The van der Waals surface area contributed by atoms with Gasteiger partial charge in [-0.15, -0.1) is 0 Å². The van der Waals surface area contributed by atoms with Crippen molar-refractivity contribution in [2.24, 2.45) is 0 Å². The van der Waals surface area contributed by atoms with Gasteiger partial charge in [-0.3, -0.25) is 0 Å². The van der Waals surface area contributed by atoms with E-state index in [0.29, 0.717) is 60.7 Å². The molecule has 10 atom stereocenters. The van der Waals surface area contributed by atoms with Crippen LogP contribution < -0.4 is 4.74 Å². The zero-order chi connectivity index (χ0) is 89.7. The second kappa shape index (κ2) is 31.3. The predicted molar refractivity (Wildman–Crippen MR) is 380 cm³/mol. The van der Waals surface area contributed by atoms with Crippen LogP contribution in [0.15, 0.2) is 78.9 Å². The number of rotatable bonds is 12. The molecule has 48 nitrogen and oxygen atoms in total. The number of aromatic hydroxyl groups is 26. The minimum Gasteiger partial charge on any atom is -0.504 e. The van der Waals surface area contributed by atoms with Gasteiger partial charge in [0.25, 0.3) is 0 Å². The molecule has 2 fully saturated rings. The van der Waals surface area contributed by atoms with Gasteiger partial charge in [0.1, 0.15) is 31.0 Å². The Morgan fingerprint density at radius 1 is 0.285 bits per heavy atom. The summed E-state index contributed by atoms with van der Waals surface area (Å²) in [4.78, 5) is 132. The van der Waals surface area contributed by atoms with E-state index in [2.05, 4.69) is 0 Å². The molecule has 123 heavy (non-hydrogen) atoms. The van der Waals surface area contributed by atoms with E-state index in [1.165, 1.54) is 0 Å². The molecule has 4 aliphatic heterocycles. The molecule has 642 valence electrons. The Labute approximate surface area is 676 Å². The van der Waals surface area contributed by atoms with Crippen molar-refractivity contribution in [1.82, 2.24) is 0 Å². The molecular weight excluding hydrogens is 1670 g/mol. The Morgan fingerprint density at radius 3 is 0.943 bits per heavy atom. The number of aliphatic hydroxyl groups is 1. The van der Waals surface area contributed by atoms with Gasteiger partial charge in [0.2, 0.25) is 46.9 Å². The highest BCUT2D eigenvalue weighted by Crippen LogP contribution is 2.58. The molecule has 2 saturated heterocycles. The van der Waals surface area contributed by atoms with E-state index < -0.39 is 362 Å². The smallest absolute Gasteiger partial charge is 0.342 e. The molecule has 0 spiro atoms. The number of esters is 9. The highest BCUT2D eigenvalue weighted by molar-refractivity contribution is 6.10. The van der Waals surface area contributed by atoms with E-state index in [9.17, 15) is 167 Å². The molecule has 9 aromatic carbocycles. The fraction of sp³-hybridized carbons (Fsp3) is 0.160. The molecule has 0 radical (unpaired) electrons. The van der Waals surface area contributed by atoms with Crippen LogP contribution in [0.1, 0.15) is 93.2 Å². The molecule has 27 N–H and O–H groups in total. The van der Waals surface area contributed by atoms with Crippen molar-refractivity contribution in [3.8, 4) is 183 Å². The monoisotopic (exact) mass is 1720 g/mol. The molecule has 0 bridgehead atoms. The number of phenolic OH excluding ortho intramolecular Hbond substituents is 26. The molecule has 0 aromatic heterocycles. The normalized spacial score (nSPS) is 19.8. The van der Waals surface area contributed by atoms with Gasteiger partial charge in [0.15, 0.2) is 163 Å². The lowest BCUT2D eigenvalue weighted by Crippen LogP contribution is -2.63. The minimum atomic E-state index is -2.92. The second-order valence-corrected chi connectivity index (χ2v) is 26.5. The first-order chi connectivity index (χ1) is 57.9. The highest BCUT2D eigenvalue weighted by atomic mass is 16.8. The van der Waals surface area contributed by atoms with Gasteiger partial charge in [0.05, 0.1) is 44.5 Å².